The average Bonchev–Trinajstić information content (AvgIpc) is 2.65. The summed E-state index contributed by atoms with van der Waals surface area (Å²) < 4.78 is 1.66. The first-order valence-electron chi connectivity index (χ1n) is 8.76. The van der Waals surface area contributed by atoms with Crippen molar-refractivity contribution in [1.82, 2.24) is 9.88 Å². The molecule has 2 rings (SSSR count). The Morgan fingerprint density at radius 1 is 1.08 bits per heavy atom. The van der Waals surface area contributed by atoms with Crippen LogP contribution in [0.4, 0.5) is 0 Å². The van der Waals surface area contributed by atoms with Crippen LogP contribution in [0.2, 0.25) is 0 Å². The molecular weight excluding hydrogens is 350 g/mol. The van der Waals surface area contributed by atoms with E-state index in [2.05, 4.69) is 5.32 Å². The predicted octanol–water partition coefficient (Wildman–Crippen LogP) is 2.70. The number of carbonyl (C=O) groups is 1. The summed E-state index contributed by atoms with van der Waals surface area (Å²) in [5, 5.41) is 3.00. The second kappa shape index (κ2) is 10.1. The molecule has 0 atom stereocenters. The minimum Gasteiger partial charge on any atom is -0.352 e. The Bertz CT molecular complexity index is 744. The first-order chi connectivity index (χ1) is 12.0. The number of hydrogen-bond acceptors (Lipinski definition) is 3. The van der Waals surface area contributed by atoms with Crippen LogP contribution in [0.15, 0.2) is 53.5 Å². The van der Waals surface area contributed by atoms with Crippen molar-refractivity contribution in [3.05, 3.63) is 70.1 Å². The van der Waals surface area contributed by atoms with Crippen molar-refractivity contribution >= 4 is 18.3 Å². The molecule has 0 radical (unpaired) electrons. The van der Waals surface area contributed by atoms with Gasteiger partial charge in [0.15, 0.2) is 0 Å². The first kappa shape index (κ1) is 21.9. The lowest BCUT2D eigenvalue weighted by atomic mass is 9.81. The topological polar surface area (TPSA) is 77.1 Å². The monoisotopic (exact) mass is 377 g/mol. The number of aromatic nitrogens is 1. The van der Waals surface area contributed by atoms with Crippen LogP contribution in [0.3, 0.4) is 0 Å². The van der Waals surface area contributed by atoms with Crippen molar-refractivity contribution in [3.63, 3.8) is 0 Å². The van der Waals surface area contributed by atoms with Crippen LogP contribution in [0, 0.1) is 5.41 Å². The summed E-state index contributed by atoms with van der Waals surface area (Å²) in [4.78, 5) is 24.2. The highest BCUT2D eigenvalue weighted by Gasteiger charge is 2.32. The van der Waals surface area contributed by atoms with E-state index in [1.807, 2.05) is 44.2 Å². The van der Waals surface area contributed by atoms with Gasteiger partial charge in [-0.1, -0.05) is 44.2 Å². The zero-order valence-corrected chi connectivity index (χ0v) is 16.2. The van der Waals surface area contributed by atoms with E-state index in [1.165, 1.54) is 0 Å². The molecule has 0 unspecified atom stereocenters. The highest BCUT2D eigenvalue weighted by molar-refractivity contribution is 5.85. The van der Waals surface area contributed by atoms with Gasteiger partial charge in [-0.05, 0) is 30.0 Å². The lowest BCUT2D eigenvalue weighted by Crippen LogP contribution is -2.45. The molecule has 0 aliphatic rings. The van der Waals surface area contributed by atoms with Crippen LogP contribution < -0.4 is 16.6 Å². The van der Waals surface area contributed by atoms with E-state index in [-0.39, 0.29) is 23.9 Å². The van der Waals surface area contributed by atoms with E-state index >= 15 is 0 Å². The van der Waals surface area contributed by atoms with Gasteiger partial charge in [0.25, 0.3) is 5.56 Å². The number of nitrogens with zero attached hydrogens (tertiary/aromatic N) is 1. The smallest absolute Gasteiger partial charge is 0.250 e. The maximum absolute atomic E-state index is 12.4. The van der Waals surface area contributed by atoms with E-state index < -0.39 is 5.41 Å². The third kappa shape index (κ3) is 5.19. The number of halogens is 1. The van der Waals surface area contributed by atoms with Gasteiger partial charge in [-0.15, -0.1) is 12.4 Å². The molecule has 1 heterocycles. The molecule has 142 valence electrons. The van der Waals surface area contributed by atoms with Crippen LogP contribution >= 0.6 is 12.4 Å². The quantitative estimate of drug-likeness (QED) is 0.742. The molecule has 5 nitrogen and oxygen atoms in total. The summed E-state index contributed by atoms with van der Waals surface area (Å²) in [7, 11) is 0. The maximum atomic E-state index is 12.4. The molecule has 1 amide bonds. The molecule has 0 saturated heterocycles. The van der Waals surface area contributed by atoms with Crippen molar-refractivity contribution < 1.29 is 4.79 Å². The number of amides is 1. The molecule has 0 aliphatic heterocycles. The molecule has 0 bridgehead atoms. The normalized spacial score (nSPS) is 10.9. The highest BCUT2D eigenvalue weighted by Crippen LogP contribution is 2.25. The maximum Gasteiger partial charge on any atom is 0.250 e. The Morgan fingerprint density at radius 3 is 2.23 bits per heavy atom. The van der Waals surface area contributed by atoms with Gasteiger partial charge in [-0.3, -0.25) is 9.59 Å². The predicted molar refractivity (Wildman–Crippen MR) is 107 cm³/mol. The van der Waals surface area contributed by atoms with Gasteiger partial charge in [0.1, 0.15) is 0 Å². The molecule has 3 N–H and O–H groups in total. The molecule has 0 aliphatic carbocycles. The van der Waals surface area contributed by atoms with Crippen molar-refractivity contribution in [2.45, 2.75) is 39.8 Å². The van der Waals surface area contributed by atoms with E-state index in [4.69, 9.17) is 5.73 Å². The van der Waals surface area contributed by atoms with Gasteiger partial charge in [-0.2, -0.15) is 0 Å². The van der Waals surface area contributed by atoms with Crippen molar-refractivity contribution in [3.8, 4) is 0 Å². The van der Waals surface area contributed by atoms with E-state index in [0.717, 1.165) is 24.0 Å². The third-order valence-electron chi connectivity index (χ3n) is 4.95. The number of hydrogen-bond donors (Lipinski definition) is 2. The fourth-order valence-corrected chi connectivity index (χ4v) is 2.87. The summed E-state index contributed by atoms with van der Waals surface area (Å²) >= 11 is 0. The fraction of sp³-hybridized carbons (Fsp3) is 0.400. The summed E-state index contributed by atoms with van der Waals surface area (Å²) in [6, 6.07) is 13.1. The van der Waals surface area contributed by atoms with Gasteiger partial charge < -0.3 is 15.6 Å². The summed E-state index contributed by atoms with van der Waals surface area (Å²) in [5.41, 5.74) is 7.39. The van der Waals surface area contributed by atoms with E-state index in [1.54, 1.807) is 22.9 Å². The van der Waals surface area contributed by atoms with Gasteiger partial charge in [0, 0.05) is 25.4 Å². The molecule has 1 aromatic heterocycles. The molecule has 0 fully saturated rings. The zero-order chi connectivity index (χ0) is 18.3. The minimum absolute atomic E-state index is 0. The fourth-order valence-electron chi connectivity index (χ4n) is 2.87. The molecule has 0 spiro atoms. The Hall–Kier alpha value is -2.11. The molecule has 1 aromatic carbocycles. The number of pyridine rings is 1. The van der Waals surface area contributed by atoms with E-state index in [0.29, 0.717) is 19.6 Å². The van der Waals surface area contributed by atoms with Crippen LogP contribution in [0.5, 0.6) is 0 Å². The molecule has 6 heteroatoms. The summed E-state index contributed by atoms with van der Waals surface area (Å²) in [6.07, 6.45) is 3.24. The number of benzene rings is 1. The lowest BCUT2D eigenvalue weighted by molar-refractivity contribution is -0.131. The van der Waals surface area contributed by atoms with Gasteiger partial charge in [-0.25, -0.2) is 0 Å². The second-order valence-electron chi connectivity index (χ2n) is 6.36. The van der Waals surface area contributed by atoms with Crippen molar-refractivity contribution in [2.24, 2.45) is 11.1 Å². The third-order valence-corrected chi connectivity index (χ3v) is 4.95. The number of rotatable bonds is 8. The average molecular weight is 378 g/mol. The number of carbonyl (C=O) groups excluding carboxylic acids is 1. The molecular formula is C20H28ClN3O2. The molecule has 26 heavy (non-hydrogen) atoms. The van der Waals surface area contributed by atoms with Crippen molar-refractivity contribution in [2.75, 3.05) is 6.54 Å². The van der Waals surface area contributed by atoms with Crippen LogP contribution in [0.1, 0.15) is 37.8 Å². The van der Waals surface area contributed by atoms with Gasteiger partial charge in [0.2, 0.25) is 5.91 Å². The molecule has 0 saturated carbocycles. The van der Waals surface area contributed by atoms with E-state index in [9.17, 15) is 9.59 Å². The van der Waals surface area contributed by atoms with Crippen LogP contribution in [0.25, 0.3) is 0 Å². The van der Waals surface area contributed by atoms with Crippen LogP contribution in [-0.2, 0) is 17.9 Å². The summed E-state index contributed by atoms with van der Waals surface area (Å²) in [6.45, 7) is 5.36. The molecule has 2 aromatic rings. The largest absolute Gasteiger partial charge is 0.352 e. The number of nitrogens with two attached hydrogens (primary N) is 1. The Morgan fingerprint density at radius 2 is 1.69 bits per heavy atom. The zero-order valence-electron chi connectivity index (χ0n) is 15.4. The minimum atomic E-state index is -0.478. The summed E-state index contributed by atoms with van der Waals surface area (Å²) in [5.74, 6) is 0.0138. The Kier molecular flexibility index (Phi) is 8.55. The lowest BCUT2D eigenvalue weighted by Gasteiger charge is -2.28. The first-order valence-corrected chi connectivity index (χ1v) is 8.76. The van der Waals surface area contributed by atoms with Crippen LogP contribution in [-0.4, -0.2) is 17.0 Å². The Balaban J connectivity index is 0.00000338. The number of nitrogens with one attached hydrogen (secondary N) is 1. The van der Waals surface area contributed by atoms with Gasteiger partial charge in [0.05, 0.1) is 12.0 Å². The van der Waals surface area contributed by atoms with Gasteiger partial charge >= 0.3 is 0 Å². The van der Waals surface area contributed by atoms with Crippen molar-refractivity contribution in [1.29, 1.82) is 0 Å². The Labute approximate surface area is 161 Å². The SMILES string of the molecule is CCC(CC)(CN)C(=O)NCc1ccc(Cn2ccccc2=O)cc1.Cl. The standard InChI is InChI=1S/C20H27N3O2.ClH/c1-3-20(4-2,15-21)19(25)22-13-16-8-10-17(11-9-16)14-23-12-6-5-7-18(23)24;/h5-12H,3-4,13-15,21H2,1-2H3,(H,22,25);1H. The second-order valence-corrected chi connectivity index (χ2v) is 6.36. The highest BCUT2D eigenvalue weighted by atomic mass is 35.5.